The first-order chi connectivity index (χ1) is 21.5. The lowest BCUT2D eigenvalue weighted by molar-refractivity contribution is -0.137. The van der Waals surface area contributed by atoms with Crippen molar-refractivity contribution in [1.29, 1.82) is 0 Å². The van der Waals surface area contributed by atoms with Crippen LogP contribution in [0.4, 0.5) is 5.69 Å². The van der Waals surface area contributed by atoms with Gasteiger partial charge in [-0.05, 0) is 47.1 Å². The molecule has 3 N–H and O–H groups in total. The van der Waals surface area contributed by atoms with Gasteiger partial charge in [0.15, 0.2) is 0 Å². The lowest BCUT2D eigenvalue weighted by Crippen LogP contribution is -2.33. The van der Waals surface area contributed by atoms with Gasteiger partial charge in [0.1, 0.15) is 6.29 Å². The Hall–Kier alpha value is -4.39. The molecule has 2 aliphatic rings. The zero-order chi connectivity index (χ0) is 32.6. The van der Waals surface area contributed by atoms with Crippen LogP contribution in [0.25, 0.3) is 0 Å². The third kappa shape index (κ3) is 7.30. The summed E-state index contributed by atoms with van der Waals surface area (Å²) in [5.74, 6) is -0.580. The molecule has 1 amide bonds. The van der Waals surface area contributed by atoms with E-state index in [1.54, 1.807) is 7.05 Å². The van der Waals surface area contributed by atoms with Crippen molar-refractivity contribution in [3.63, 3.8) is 0 Å². The van der Waals surface area contributed by atoms with Crippen molar-refractivity contribution < 1.29 is 19.5 Å². The van der Waals surface area contributed by atoms with Crippen molar-refractivity contribution in [2.45, 2.75) is 64.3 Å². The molecule has 0 bridgehead atoms. The largest absolute Gasteiger partial charge is 0.481 e. The molecule has 0 aromatic heterocycles. The summed E-state index contributed by atoms with van der Waals surface area (Å²) in [7, 11) is 1.61. The zero-order valence-corrected chi connectivity index (χ0v) is 27.1. The van der Waals surface area contributed by atoms with Crippen molar-refractivity contribution in [1.82, 2.24) is 10.2 Å². The molecule has 2 aromatic rings. The number of carboxylic acid groups (broad SMARTS) is 1. The average molecular weight is 610 g/mol. The van der Waals surface area contributed by atoms with Crippen LogP contribution >= 0.6 is 0 Å². The molecule has 7 nitrogen and oxygen atoms in total. The summed E-state index contributed by atoms with van der Waals surface area (Å²) < 4.78 is 0. The van der Waals surface area contributed by atoms with Crippen LogP contribution in [-0.4, -0.2) is 54.3 Å². The summed E-state index contributed by atoms with van der Waals surface area (Å²) in [5.41, 5.74) is 4.32. The summed E-state index contributed by atoms with van der Waals surface area (Å²) in [5, 5.41) is 15.6. The Kier molecular flexibility index (Phi) is 10.9. The second-order valence-electron chi connectivity index (χ2n) is 12.8. The van der Waals surface area contributed by atoms with Gasteiger partial charge >= 0.3 is 5.97 Å². The molecular formula is C38H47N3O4. The Morgan fingerprint density at radius 1 is 1.11 bits per heavy atom. The van der Waals surface area contributed by atoms with E-state index >= 15 is 0 Å². The average Bonchev–Trinajstić information content (AvgIpc) is 3.29. The van der Waals surface area contributed by atoms with Crippen LogP contribution in [0, 0.1) is 11.3 Å². The maximum absolute atomic E-state index is 12.3. The smallest absolute Gasteiger partial charge is 0.305 e. The Labute approximate surface area is 267 Å². The fourth-order valence-corrected chi connectivity index (χ4v) is 6.91. The number of aliphatic carboxylic acids is 1. The number of rotatable bonds is 14. The van der Waals surface area contributed by atoms with E-state index in [1.807, 2.05) is 24.3 Å². The summed E-state index contributed by atoms with van der Waals surface area (Å²) in [4.78, 5) is 37.3. The van der Waals surface area contributed by atoms with Gasteiger partial charge in [0.25, 0.3) is 5.91 Å². The fraction of sp³-hybridized carbons (Fsp3) is 0.395. The number of carbonyl (C=O) groups is 3. The molecule has 238 valence electrons. The van der Waals surface area contributed by atoms with Gasteiger partial charge in [-0.2, -0.15) is 0 Å². The molecule has 0 saturated carbocycles. The summed E-state index contributed by atoms with van der Waals surface area (Å²) in [6.45, 7) is 9.87. The van der Waals surface area contributed by atoms with Gasteiger partial charge in [-0.15, -0.1) is 0 Å². The lowest BCUT2D eigenvalue weighted by atomic mass is 9.64. The highest BCUT2D eigenvalue weighted by Crippen LogP contribution is 2.57. The number of allylic oxidation sites excluding steroid dienone is 6. The number of likely N-dealkylation sites (tertiary alicyclic amines) is 1. The van der Waals surface area contributed by atoms with Crippen molar-refractivity contribution in [2.24, 2.45) is 11.3 Å². The van der Waals surface area contributed by atoms with Crippen molar-refractivity contribution in [3.05, 3.63) is 113 Å². The van der Waals surface area contributed by atoms with Gasteiger partial charge in [-0.3, -0.25) is 9.59 Å². The minimum absolute atomic E-state index is 0.0661. The van der Waals surface area contributed by atoms with Crippen LogP contribution in [0.2, 0.25) is 0 Å². The normalized spacial score (nSPS) is 22.4. The number of nitrogens with one attached hydrogen (secondary N) is 2. The number of hydrogen-bond donors (Lipinski definition) is 3. The number of hydrogen-bond acceptors (Lipinski definition) is 5. The number of carbonyl (C=O) groups excluding carboxylic acids is 2. The van der Waals surface area contributed by atoms with Crippen molar-refractivity contribution in [2.75, 3.05) is 25.5 Å². The number of nitrogens with zero attached hydrogens (tertiary/aromatic N) is 1. The molecule has 0 radical (unpaired) electrons. The van der Waals surface area contributed by atoms with Gasteiger partial charge in [0.05, 0.1) is 12.5 Å². The third-order valence-corrected chi connectivity index (χ3v) is 9.62. The first-order valence-corrected chi connectivity index (χ1v) is 15.8. The van der Waals surface area contributed by atoms with Crippen molar-refractivity contribution >= 4 is 23.9 Å². The monoisotopic (exact) mass is 609 g/mol. The van der Waals surface area contributed by atoms with E-state index in [9.17, 15) is 19.5 Å². The molecular weight excluding hydrogens is 562 g/mol. The van der Waals surface area contributed by atoms with Crippen LogP contribution in [0.3, 0.4) is 0 Å². The number of carboxylic acids is 1. The summed E-state index contributed by atoms with van der Waals surface area (Å²) in [6, 6.07) is 16.3. The minimum atomic E-state index is -0.803. The molecule has 7 heteroatoms. The molecule has 1 aliphatic carbocycles. The van der Waals surface area contributed by atoms with Gasteiger partial charge in [-0.25, -0.2) is 0 Å². The number of amides is 1. The minimum Gasteiger partial charge on any atom is -0.481 e. The van der Waals surface area contributed by atoms with E-state index in [4.69, 9.17) is 0 Å². The number of fused-ring (bicyclic) bond motifs is 1. The summed E-state index contributed by atoms with van der Waals surface area (Å²) in [6.07, 6.45) is 17.2. The molecule has 45 heavy (non-hydrogen) atoms. The Balaban J connectivity index is 1.68. The van der Waals surface area contributed by atoms with Crippen LogP contribution < -0.4 is 10.6 Å². The highest BCUT2D eigenvalue weighted by Gasteiger charge is 2.54. The second-order valence-corrected chi connectivity index (χ2v) is 12.8. The number of benzene rings is 2. The van der Waals surface area contributed by atoms with E-state index in [1.165, 1.54) is 5.56 Å². The predicted molar refractivity (Wildman–Crippen MR) is 181 cm³/mol. The Morgan fingerprint density at radius 3 is 2.53 bits per heavy atom. The first-order valence-electron chi connectivity index (χ1n) is 15.8. The van der Waals surface area contributed by atoms with Crippen LogP contribution in [0.5, 0.6) is 0 Å². The summed E-state index contributed by atoms with van der Waals surface area (Å²) >= 11 is 0. The first kappa shape index (κ1) is 33.5. The van der Waals surface area contributed by atoms with E-state index in [2.05, 4.69) is 110 Å². The maximum Gasteiger partial charge on any atom is 0.305 e. The molecule has 4 atom stereocenters. The van der Waals surface area contributed by atoms with Gasteiger partial charge < -0.3 is 25.4 Å². The Morgan fingerprint density at radius 2 is 1.84 bits per heavy atom. The molecule has 2 aromatic carbocycles. The molecule has 1 heterocycles. The standard InChI is InChI=1S/C38H47N3O4/c1-27(28-14-7-6-8-15-28)38(4)31-16-9-10-17-33(31)41(24-21-35(43)44)34(38)18-11-12-22-37(2,3)30-20-19-29(36(45)39-5)26-32(30)40-23-13-25-42/h6-12,14-20,25-27,31,33,40H,13,21-24H2,1-5H3,(H,39,45)(H,43,44)/b12-11+,34-18+. The fourth-order valence-electron chi connectivity index (χ4n) is 6.91. The number of aldehydes is 1. The van der Waals surface area contributed by atoms with E-state index < -0.39 is 5.97 Å². The van der Waals surface area contributed by atoms with Gasteiger partial charge in [0, 0.05) is 54.8 Å². The van der Waals surface area contributed by atoms with Crippen LogP contribution in [0.15, 0.2) is 96.8 Å². The van der Waals surface area contributed by atoms with E-state index in [0.717, 1.165) is 29.7 Å². The molecule has 4 rings (SSSR count). The Bertz CT molecular complexity index is 1490. The van der Waals surface area contributed by atoms with Crippen LogP contribution in [-0.2, 0) is 15.0 Å². The molecule has 1 saturated heterocycles. The highest BCUT2D eigenvalue weighted by molar-refractivity contribution is 5.95. The SMILES string of the molecule is CNC(=O)c1ccc(C(C)(C)C/C=C/C=C2/N(CCC(=O)O)C3C=CC=CC3C2(C)C(C)c2ccccc2)c(NCCC=O)c1. The van der Waals surface area contributed by atoms with Gasteiger partial charge in [-0.1, -0.05) is 101 Å². The molecule has 1 aliphatic heterocycles. The van der Waals surface area contributed by atoms with E-state index in [-0.39, 0.29) is 41.0 Å². The molecule has 1 fully saturated rings. The van der Waals surface area contributed by atoms with Gasteiger partial charge in [0.2, 0.25) is 0 Å². The van der Waals surface area contributed by atoms with Crippen molar-refractivity contribution in [3.8, 4) is 0 Å². The lowest BCUT2D eigenvalue weighted by Gasteiger charge is -2.38. The topological polar surface area (TPSA) is 98.7 Å². The zero-order valence-electron chi connectivity index (χ0n) is 27.1. The maximum atomic E-state index is 12.3. The van der Waals surface area contributed by atoms with E-state index in [0.29, 0.717) is 25.1 Å². The molecule has 0 spiro atoms. The quantitative estimate of drug-likeness (QED) is 0.160. The highest BCUT2D eigenvalue weighted by atomic mass is 16.4. The third-order valence-electron chi connectivity index (χ3n) is 9.62. The molecule has 4 unspecified atom stereocenters. The number of anilines is 1. The second kappa shape index (κ2) is 14.6. The van der Waals surface area contributed by atoms with Crippen LogP contribution in [0.1, 0.15) is 74.4 Å². The predicted octanol–water partition coefficient (Wildman–Crippen LogP) is 6.87.